The van der Waals surface area contributed by atoms with Crippen LogP contribution in [0, 0.1) is 17.8 Å². The van der Waals surface area contributed by atoms with Gasteiger partial charge in [-0.2, -0.15) is 0 Å². The Morgan fingerprint density at radius 3 is 2.73 bits per heavy atom. The van der Waals surface area contributed by atoms with E-state index >= 15 is 0 Å². The molecule has 22 heavy (non-hydrogen) atoms. The molecular formula is C17H27NO4. The summed E-state index contributed by atoms with van der Waals surface area (Å²) in [5, 5.41) is 0. The fourth-order valence-corrected chi connectivity index (χ4v) is 3.10. The lowest BCUT2D eigenvalue weighted by atomic mass is 9.85. The standard InChI is InChI=1S/C17H27NO4/c1-3-21-17(20)18-10-6-9-14(11-18)16(19)22-12-15-8-5-4-7-13(15)2/h4-5,13-15H,3,6-12H2,1-2H3. The fraction of sp³-hybridized carbons (Fsp3) is 0.765. The molecule has 1 amide bonds. The summed E-state index contributed by atoms with van der Waals surface area (Å²) in [5.41, 5.74) is 0. The van der Waals surface area contributed by atoms with Gasteiger partial charge in [0.25, 0.3) is 0 Å². The summed E-state index contributed by atoms with van der Waals surface area (Å²) in [6, 6.07) is 0. The van der Waals surface area contributed by atoms with Crippen LogP contribution in [0.15, 0.2) is 12.2 Å². The number of allylic oxidation sites excluding steroid dienone is 2. The van der Waals surface area contributed by atoms with Crippen LogP contribution in [0.1, 0.15) is 39.5 Å². The summed E-state index contributed by atoms with van der Waals surface area (Å²) in [7, 11) is 0. The summed E-state index contributed by atoms with van der Waals surface area (Å²) in [4.78, 5) is 25.6. The van der Waals surface area contributed by atoms with Gasteiger partial charge in [-0.3, -0.25) is 4.79 Å². The van der Waals surface area contributed by atoms with Crippen LogP contribution in [0.3, 0.4) is 0 Å². The number of amides is 1. The molecule has 0 N–H and O–H groups in total. The van der Waals surface area contributed by atoms with E-state index in [1.807, 2.05) is 0 Å². The highest BCUT2D eigenvalue weighted by Gasteiger charge is 2.31. The van der Waals surface area contributed by atoms with E-state index in [4.69, 9.17) is 9.47 Å². The molecule has 5 nitrogen and oxygen atoms in total. The van der Waals surface area contributed by atoms with E-state index in [0.717, 1.165) is 25.7 Å². The van der Waals surface area contributed by atoms with E-state index in [2.05, 4.69) is 19.1 Å². The average Bonchev–Trinajstić information content (AvgIpc) is 2.54. The maximum atomic E-state index is 12.3. The van der Waals surface area contributed by atoms with E-state index < -0.39 is 0 Å². The molecule has 5 heteroatoms. The van der Waals surface area contributed by atoms with Crippen molar-refractivity contribution >= 4 is 12.1 Å². The maximum absolute atomic E-state index is 12.3. The lowest BCUT2D eigenvalue weighted by Crippen LogP contribution is -2.43. The largest absolute Gasteiger partial charge is 0.465 e. The summed E-state index contributed by atoms with van der Waals surface area (Å²) >= 11 is 0. The van der Waals surface area contributed by atoms with Gasteiger partial charge in [-0.1, -0.05) is 19.1 Å². The molecule has 124 valence electrons. The zero-order valence-corrected chi connectivity index (χ0v) is 13.6. The van der Waals surface area contributed by atoms with Crippen LogP contribution in [0.2, 0.25) is 0 Å². The van der Waals surface area contributed by atoms with E-state index in [0.29, 0.717) is 38.1 Å². The predicted molar refractivity (Wildman–Crippen MR) is 83.3 cm³/mol. The molecular weight excluding hydrogens is 282 g/mol. The second kappa shape index (κ2) is 8.20. The minimum Gasteiger partial charge on any atom is -0.465 e. The maximum Gasteiger partial charge on any atom is 0.409 e. The van der Waals surface area contributed by atoms with Crippen molar-refractivity contribution in [2.75, 3.05) is 26.3 Å². The zero-order chi connectivity index (χ0) is 15.9. The van der Waals surface area contributed by atoms with Gasteiger partial charge >= 0.3 is 12.1 Å². The van der Waals surface area contributed by atoms with Crippen LogP contribution in [0.25, 0.3) is 0 Å². The smallest absolute Gasteiger partial charge is 0.409 e. The van der Waals surface area contributed by atoms with Gasteiger partial charge in [0.1, 0.15) is 0 Å². The van der Waals surface area contributed by atoms with E-state index in [1.165, 1.54) is 0 Å². The van der Waals surface area contributed by atoms with Crippen molar-refractivity contribution in [3.8, 4) is 0 Å². The van der Waals surface area contributed by atoms with E-state index in [-0.39, 0.29) is 18.0 Å². The minimum absolute atomic E-state index is 0.171. The van der Waals surface area contributed by atoms with Gasteiger partial charge < -0.3 is 14.4 Å². The number of hydrogen-bond donors (Lipinski definition) is 0. The Morgan fingerprint density at radius 1 is 1.23 bits per heavy atom. The van der Waals surface area contributed by atoms with Gasteiger partial charge in [-0.15, -0.1) is 0 Å². The lowest BCUT2D eigenvalue weighted by molar-refractivity contribution is -0.152. The minimum atomic E-state index is -0.328. The second-order valence-electron chi connectivity index (χ2n) is 6.29. The van der Waals surface area contributed by atoms with Crippen molar-refractivity contribution in [1.29, 1.82) is 0 Å². The van der Waals surface area contributed by atoms with Gasteiger partial charge in [0.15, 0.2) is 0 Å². The molecule has 2 rings (SSSR count). The van der Waals surface area contributed by atoms with Crippen LogP contribution < -0.4 is 0 Å². The molecule has 1 aliphatic heterocycles. The third-order valence-corrected chi connectivity index (χ3v) is 4.64. The van der Waals surface area contributed by atoms with E-state index in [9.17, 15) is 9.59 Å². The number of esters is 1. The Labute approximate surface area is 132 Å². The van der Waals surface area contributed by atoms with Crippen LogP contribution in [-0.2, 0) is 14.3 Å². The molecule has 0 saturated carbocycles. The lowest BCUT2D eigenvalue weighted by Gasteiger charge is -2.31. The Balaban J connectivity index is 1.79. The molecule has 0 aromatic heterocycles. The monoisotopic (exact) mass is 309 g/mol. The first-order valence-corrected chi connectivity index (χ1v) is 8.35. The molecule has 0 bridgehead atoms. The number of carbonyl (C=O) groups is 2. The summed E-state index contributed by atoms with van der Waals surface area (Å²) < 4.78 is 10.5. The number of ether oxygens (including phenoxy) is 2. The number of hydrogen-bond acceptors (Lipinski definition) is 4. The second-order valence-corrected chi connectivity index (χ2v) is 6.29. The quantitative estimate of drug-likeness (QED) is 0.592. The average molecular weight is 309 g/mol. The third-order valence-electron chi connectivity index (χ3n) is 4.64. The van der Waals surface area contributed by atoms with Crippen LogP contribution in [-0.4, -0.2) is 43.3 Å². The first-order chi connectivity index (χ1) is 10.6. The van der Waals surface area contributed by atoms with Crippen LogP contribution in [0.4, 0.5) is 4.79 Å². The van der Waals surface area contributed by atoms with Gasteiger partial charge in [0, 0.05) is 13.1 Å². The zero-order valence-electron chi connectivity index (χ0n) is 13.6. The normalized spacial score (nSPS) is 28.3. The first-order valence-electron chi connectivity index (χ1n) is 8.35. The topological polar surface area (TPSA) is 55.8 Å². The Kier molecular flexibility index (Phi) is 6.28. The fourth-order valence-electron chi connectivity index (χ4n) is 3.10. The number of piperidine rings is 1. The molecule has 0 radical (unpaired) electrons. The molecule has 3 unspecified atom stereocenters. The Hall–Kier alpha value is -1.52. The van der Waals surface area contributed by atoms with Crippen molar-refractivity contribution < 1.29 is 19.1 Å². The number of nitrogens with zero attached hydrogens (tertiary/aromatic N) is 1. The van der Waals surface area contributed by atoms with Crippen molar-refractivity contribution in [3.63, 3.8) is 0 Å². The SMILES string of the molecule is CCOC(=O)N1CCCC(C(=O)OCC2CC=CCC2C)C1. The number of likely N-dealkylation sites (tertiary alicyclic amines) is 1. The highest BCUT2D eigenvalue weighted by Crippen LogP contribution is 2.26. The van der Waals surface area contributed by atoms with Gasteiger partial charge in [0.05, 0.1) is 19.1 Å². The first kappa shape index (κ1) is 16.8. The van der Waals surface area contributed by atoms with Crippen LogP contribution >= 0.6 is 0 Å². The van der Waals surface area contributed by atoms with Gasteiger partial charge in [-0.25, -0.2) is 4.79 Å². The molecule has 1 aliphatic carbocycles. The highest BCUT2D eigenvalue weighted by molar-refractivity contribution is 5.74. The molecule has 3 atom stereocenters. The highest BCUT2D eigenvalue weighted by atomic mass is 16.6. The van der Waals surface area contributed by atoms with Crippen LogP contribution in [0.5, 0.6) is 0 Å². The molecule has 1 saturated heterocycles. The number of carbonyl (C=O) groups excluding carboxylic acids is 2. The third kappa shape index (κ3) is 4.49. The molecule has 1 fully saturated rings. The van der Waals surface area contributed by atoms with Gasteiger partial charge in [-0.05, 0) is 44.4 Å². The molecule has 0 aromatic rings. The molecule has 0 spiro atoms. The molecule has 0 aromatic carbocycles. The molecule has 2 aliphatic rings. The Bertz CT molecular complexity index is 421. The summed E-state index contributed by atoms with van der Waals surface area (Å²) in [6.45, 7) is 5.90. The van der Waals surface area contributed by atoms with E-state index in [1.54, 1.807) is 11.8 Å². The van der Waals surface area contributed by atoms with Crippen molar-refractivity contribution in [1.82, 2.24) is 4.90 Å². The molecule has 1 heterocycles. The summed E-state index contributed by atoms with van der Waals surface area (Å²) in [6.07, 6.45) is 7.68. The number of rotatable bonds is 4. The predicted octanol–water partition coefficient (Wildman–Crippen LogP) is 3.00. The van der Waals surface area contributed by atoms with Crippen molar-refractivity contribution in [3.05, 3.63) is 12.2 Å². The Morgan fingerprint density at radius 2 is 2.00 bits per heavy atom. The van der Waals surface area contributed by atoms with Crippen molar-refractivity contribution in [2.24, 2.45) is 17.8 Å². The summed E-state index contributed by atoms with van der Waals surface area (Å²) in [5.74, 6) is 0.585. The van der Waals surface area contributed by atoms with Crippen molar-refractivity contribution in [2.45, 2.75) is 39.5 Å². The van der Waals surface area contributed by atoms with Gasteiger partial charge in [0.2, 0.25) is 0 Å².